The van der Waals surface area contributed by atoms with Gasteiger partial charge in [-0.3, -0.25) is 9.48 Å². The summed E-state index contributed by atoms with van der Waals surface area (Å²) in [6.45, 7) is 0. The Hall–Kier alpha value is -3.60. The van der Waals surface area contributed by atoms with Gasteiger partial charge in [-0.25, -0.2) is 0 Å². The van der Waals surface area contributed by atoms with Crippen molar-refractivity contribution in [2.24, 2.45) is 12.8 Å². The van der Waals surface area contributed by atoms with Crippen molar-refractivity contribution in [3.63, 3.8) is 0 Å². The number of fused-ring (bicyclic) bond motifs is 4. The predicted molar refractivity (Wildman–Crippen MR) is 104 cm³/mol. The van der Waals surface area contributed by atoms with Crippen LogP contribution in [0.25, 0.3) is 43.8 Å². The molecule has 3 N–H and O–H groups in total. The van der Waals surface area contributed by atoms with Crippen LogP contribution in [0.15, 0.2) is 60.8 Å². The van der Waals surface area contributed by atoms with Crippen LogP contribution in [0, 0.1) is 0 Å². The molecular formula is C21H16N4O. The summed E-state index contributed by atoms with van der Waals surface area (Å²) in [5.74, 6) is -0.439. The van der Waals surface area contributed by atoms with Gasteiger partial charge in [0, 0.05) is 28.7 Å². The number of aromatic nitrogens is 3. The van der Waals surface area contributed by atoms with Crippen LogP contribution >= 0.6 is 0 Å². The molecule has 5 rings (SSSR count). The van der Waals surface area contributed by atoms with Gasteiger partial charge in [0.05, 0.1) is 22.8 Å². The topological polar surface area (TPSA) is 76.7 Å². The van der Waals surface area contributed by atoms with Crippen molar-refractivity contribution in [2.75, 3.05) is 0 Å². The minimum absolute atomic E-state index is 0.439. The van der Waals surface area contributed by atoms with E-state index in [9.17, 15) is 4.79 Å². The third-order valence-electron chi connectivity index (χ3n) is 4.96. The van der Waals surface area contributed by atoms with Gasteiger partial charge in [-0.15, -0.1) is 0 Å². The maximum absolute atomic E-state index is 12.1. The Kier molecular flexibility index (Phi) is 2.94. The lowest BCUT2D eigenvalue weighted by atomic mass is 9.98. The molecule has 0 aliphatic carbocycles. The van der Waals surface area contributed by atoms with E-state index >= 15 is 0 Å². The molecule has 0 bridgehead atoms. The smallest absolute Gasteiger partial charge is 0.250 e. The van der Waals surface area contributed by atoms with Crippen molar-refractivity contribution in [3.8, 4) is 11.1 Å². The second-order valence-electron chi connectivity index (χ2n) is 6.52. The number of aromatic amines is 1. The normalized spacial score (nSPS) is 11.6. The van der Waals surface area contributed by atoms with Gasteiger partial charge in [-0.2, -0.15) is 5.10 Å². The van der Waals surface area contributed by atoms with Crippen molar-refractivity contribution in [1.29, 1.82) is 0 Å². The Morgan fingerprint density at radius 1 is 1.04 bits per heavy atom. The number of benzene rings is 3. The van der Waals surface area contributed by atoms with Gasteiger partial charge in [0.25, 0.3) is 5.91 Å². The van der Waals surface area contributed by atoms with Crippen molar-refractivity contribution in [2.45, 2.75) is 0 Å². The van der Waals surface area contributed by atoms with Crippen molar-refractivity contribution in [3.05, 3.63) is 66.4 Å². The van der Waals surface area contributed by atoms with Crippen LogP contribution in [0.1, 0.15) is 10.4 Å². The number of H-pyrrole nitrogens is 1. The standard InChI is InChI=1S/C21H16N4O/c1-25-19-7-6-12(8-14(19)11-23-25)13-9-16-15-4-2-3-5-18(15)24-20(16)17(10-13)21(22)26/h2-11,24H,1H3,(H2,22,26). The van der Waals surface area contributed by atoms with E-state index in [4.69, 9.17) is 5.73 Å². The summed E-state index contributed by atoms with van der Waals surface area (Å²) in [6, 6.07) is 18.2. The highest BCUT2D eigenvalue weighted by atomic mass is 16.1. The number of primary amides is 1. The Labute approximate surface area is 149 Å². The monoisotopic (exact) mass is 340 g/mol. The maximum atomic E-state index is 12.1. The zero-order valence-corrected chi connectivity index (χ0v) is 14.2. The fourth-order valence-electron chi connectivity index (χ4n) is 3.66. The molecule has 0 saturated heterocycles. The van der Waals surface area contributed by atoms with Crippen LogP contribution in [0.4, 0.5) is 0 Å². The average Bonchev–Trinajstić information content (AvgIpc) is 3.21. The zero-order valence-electron chi connectivity index (χ0n) is 14.2. The van der Waals surface area contributed by atoms with E-state index in [-0.39, 0.29) is 0 Å². The van der Waals surface area contributed by atoms with E-state index in [1.54, 1.807) is 0 Å². The molecule has 5 heteroatoms. The Bertz CT molecular complexity index is 1330. The number of rotatable bonds is 2. The van der Waals surface area contributed by atoms with Gasteiger partial charge in [0.1, 0.15) is 0 Å². The summed E-state index contributed by atoms with van der Waals surface area (Å²) in [4.78, 5) is 15.4. The molecule has 5 aromatic rings. The SMILES string of the molecule is Cn1ncc2cc(-c3cc(C(N)=O)c4[nH]c5ccccc5c4c3)ccc21. The van der Waals surface area contributed by atoms with Crippen LogP contribution in [0.2, 0.25) is 0 Å². The molecule has 0 unspecified atom stereocenters. The van der Waals surface area contributed by atoms with Crippen LogP contribution < -0.4 is 5.73 Å². The molecule has 0 saturated carbocycles. The van der Waals surface area contributed by atoms with Crippen molar-refractivity contribution < 1.29 is 4.79 Å². The highest BCUT2D eigenvalue weighted by Crippen LogP contribution is 2.33. The van der Waals surface area contributed by atoms with Crippen molar-refractivity contribution in [1.82, 2.24) is 14.8 Å². The van der Waals surface area contributed by atoms with Crippen LogP contribution in [0.5, 0.6) is 0 Å². The maximum Gasteiger partial charge on any atom is 0.250 e. The van der Waals surface area contributed by atoms with Crippen LogP contribution in [-0.2, 0) is 7.05 Å². The van der Waals surface area contributed by atoms with Gasteiger partial charge < -0.3 is 10.7 Å². The van der Waals surface area contributed by atoms with Gasteiger partial charge in [0.2, 0.25) is 0 Å². The Morgan fingerprint density at radius 3 is 2.73 bits per heavy atom. The fraction of sp³-hybridized carbons (Fsp3) is 0.0476. The molecule has 0 aliphatic rings. The lowest BCUT2D eigenvalue weighted by Gasteiger charge is -2.07. The average molecular weight is 340 g/mol. The summed E-state index contributed by atoms with van der Waals surface area (Å²) in [5.41, 5.74) is 11.0. The first-order valence-electron chi connectivity index (χ1n) is 8.38. The summed E-state index contributed by atoms with van der Waals surface area (Å²) in [7, 11) is 1.92. The minimum Gasteiger partial charge on any atom is -0.366 e. The first-order chi connectivity index (χ1) is 12.6. The number of hydrogen-bond acceptors (Lipinski definition) is 2. The quantitative estimate of drug-likeness (QED) is 0.510. The van der Waals surface area contributed by atoms with Gasteiger partial charge in [0.15, 0.2) is 0 Å². The molecule has 126 valence electrons. The molecular weight excluding hydrogens is 324 g/mol. The van der Waals surface area contributed by atoms with E-state index in [0.29, 0.717) is 5.56 Å². The lowest BCUT2D eigenvalue weighted by Crippen LogP contribution is -2.11. The summed E-state index contributed by atoms with van der Waals surface area (Å²) in [6.07, 6.45) is 1.85. The van der Waals surface area contributed by atoms with E-state index in [1.165, 1.54) is 0 Å². The molecule has 26 heavy (non-hydrogen) atoms. The zero-order chi connectivity index (χ0) is 17.8. The number of nitrogens with zero attached hydrogens (tertiary/aromatic N) is 2. The molecule has 0 radical (unpaired) electrons. The van der Waals surface area contributed by atoms with Crippen LogP contribution in [-0.4, -0.2) is 20.7 Å². The third kappa shape index (κ3) is 2.04. The van der Waals surface area contributed by atoms with Crippen molar-refractivity contribution >= 4 is 38.6 Å². The number of para-hydroxylation sites is 1. The number of nitrogens with one attached hydrogen (secondary N) is 1. The Morgan fingerprint density at radius 2 is 1.88 bits per heavy atom. The number of carbonyl (C=O) groups excluding carboxylic acids is 1. The number of nitrogens with two attached hydrogens (primary N) is 1. The number of hydrogen-bond donors (Lipinski definition) is 2. The second kappa shape index (κ2) is 5.20. The lowest BCUT2D eigenvalue weighted by molar-refractivity contribution is 0.100. The molecule has 0 spiro atoms. The van der Waals surface area contributed by atoms with E-state index in [2.05, 4.69) is 22.2 Å². The minimum atomic E-state index is -0.439. The third-order valence-corrected chi connectivity index (χ3v) is 4.96. The summed E-state index contributed by atoms with van der Waals surface area (Å²) < 4.78 is 1.84. The Balaban J connectivity index is 1.83. The number of amides is 1. The molecule has 3 aromatic carbocycles. The van der Waals surface area contributed by atoms with Gasteiger partial charge in [-0.1, -0.05) is 24.3 Å². The van der Waals surface area contributed by atoms with Gasteiger partial charge >= 0.3 is 0 Å². The molecule has 2 aromatic heterocycles. The first-order valence-corrected chi connectivity index (χ1v) is 8.38. The summed E-state index contributed by atoms with van der Waals surface area (Å²) >= 11 is 0. The molecule has 0 fully saturated rings. The number of carbonyl (C=O) groups is 1. The molecule has 0 atom stereocenters. The molecule has 5 nitrogen and oxygen atoms in total. The van der Waals surface area contributed by atoms with E-state index < -0.39 is 5.91 Å². The van der Waals surface area contributed by atoms with E-state index in [0.717, 1.165) is 43.8 Å². The second-order valence-corrected chi connectivity index (χ2v) is 6.52. The fourth-order valence-corrected chi connectivity index (χ4v) is 3.66. The largest absolute Gasteiger partial charge is 0.366 e. The molecule has 1 amide bonds. The van der Waals surface area contributed by atoms with Gasteiger partial charge in [-0.05, 0) is 41.5 Å². The number of aryl methyl sites for hydroxylation is 1. The van der Waals surface area contributed by atoms with E-state index in [1.807, 2.05) is 60.4 Å². The highest BCUT2D eigenvalue weighted by molar-refractivity contribution is 6.16. The summed E-state index contributed by atoms with van der Waals surface area (Å²) in [5, 5.41) is 7.43. The highest BCUT2D eigenvalue weighted by Gasteiger charge is 2.15. The molecule has 0 aliphatic heterocycles. The first kappa shape index (κ1) is 14.7. The molecule has 2 heterocycles. The van der Waals surface area contributed by atoms with Crippen LogP contribution in [0.3, 0.4) is 0 Å². The predicted octanol–water partition coefficient (Wildman–Crippen LogP) is 3.97.